The van der Waals surface area contributed by atoms with Crippen molar-refractivity contribution < 1.29 is 4.74 Å². The summed E-state index contributed by atoms with van der Waals surface area (Å²) in [4.78, 5) is 19.3. The van der Waals surface area contributed by atoms with Gasteiger partial charge in [-0.3, -0.25) is 4.79 Å². The maximum atomic E-state index is 11.9. The van der Waals surface area contributed by atoms with Crippen LogP contribution < -0.4 is 5.56 Å². The molecule has 1 heterocycles. The molecule has 0 aliphatic carbocycles. The highest BCUT2D eigenvalue weighted by atomic mass is 16.5. The average Bonchev–Trinajstić information content (AvgIpc) is 2.44. The molecule has 0 saturated carbocycles. The Morgan fingerprint density at radius 2 is 2.00 bits per heavy atom. The summed E-state index contributed by atoms with van der Waals surface area (Å²) in [6, 6.07) is 9.78. The third-order valence-electron chi connectivity index (χ3n) is 3.01. The van der Waals surface area contributed by atoms with E-state index in [-0.39, 0.29) is 5.56 Å². The third kappa shape index (κ3) is 3.29. The number of benzene rings is 1. The molecule has 0 radical (unpaired) electrons. The van der Waals surface area contributed by atoms with Crippen molar-refractivity contribution in [2.45, 2.75) is 19.8 Å². The van der Waals surface area contributed by atoms with E-state index in [1.807, 2.05) is 30.3 Å². The van der Waals surface area contributed by atoms with Crippen LogP contribution in [0, 0.1) is 6.92 Å². The van der Waals surface area contributed by atoms with Crippen LogP contribution >= 0.6 is 0 Å². The van der Waals surface area contributed by atoms with Gasteiger partial charge in [-0.25, -0.2) is 4.98 Å². The number of hydrogen-bond donors (Lipinski definition) is 1. The number of aryl methyl sites for hydroxylation is 1. The summed E-state index contributed by atoms with van der Waals surface area (Å²) < 4.78 is 5.01. The van der Waals surface area contributed by atoms with Gasteiger partial charge in [0.2, 0.25) is 0 Å². The Morgan fingerprint density at radius 3 is 2.68 bits per heavy atom. The maximum Gasteiger partial charge on any atom is 0.254 e. The van der Waals surface area contributed by atoms with Crippen molar-refractivity contribution >= 4 is 0 Å². The van der Waals surface area contributed by atoms with Crippen LogP contribution in [0.2, 0.25) is 0 Å². The van der Waals surface area contributed by atoms with Gasteiger partial charge in [-0.15, -0.1) is 0 Å². The molecule has 19 heavy (non-hydrogen) atoms. The van der Waals surface area contributed by atoms with E-state index in [1.165, 1.54) is 0 Å². The summed E-state index contributed by atoms with van der Waals surface area (Å²) in [7, 11) is 1.67. The molecule has 100 valence electrons. The van der Waals surface area contributed by atoms with E-state index in [0.29, 0.717) is 24.4 Å². The molecule has 1 aromatic heterocycles. The molecule has 0 spiro atoms. The highest BCUT2D eigenvalue weighted by molar-refractivity contribution is 5.62. The molecule has 1 aromatic carbocycles. The third-order valence-corrected chi connectivity index (χ3v) is 3.01. The molecule has 4 nitrogen and oxygen atoms in total. The Hall–Kier alpha value is -1.94. The summed E-state index contributed by atoms with van der Waals surface area (Å²) in [6.45, 7) is 2.46. The lowest BCUT2D eigenvalue weighted by Crippen LogP contribution is -2.16. The monoisotopic (exact) mass is 258 g/mol. The molecule has 0 aliphatic rings. The zero-order valence-electron chi connectivity index (χ0n) is 11.3. The topological polar surface area (TPSA) is 55.0 Å². The second-order valence-corrected chi connectivity index (χ2v) is 4.45. The van der Waals surface area contributed by atoms with Crippen molar-refractivity contribution in [2.24, 2.45) is 0 Å². The molecule has 0 unspecified atom stereocenters. The van der Waals surface area contributed by atoms with Crippen molar-refractivity contribution in [3.63, 3.8) is 0 Å². The average molecular weight is 258 g/mol. The molecule has 1 N–H and O–H groups in total. The van der Waals surface area contributed by atoms with Crippen LogP contribution in [-0.2, 0) is 11.2 Å². The van der Waals surface area contributed by atoms with E-state index < -0.39 is 0 Å². The number of aromatic amines is 1. The highest BCUT2D eigenvalue weighted by Crippen LogP contribution is 2.18. The molecule has 0 atom stereocenters. The molecule has 0 aliphatic heterocycles. The van der Waals surface area contributed by atoms with Gasteiger partial charge in [0.25, 0.3) is 5.56 Å². The zero-order chi connectivity index (χ0) is 13.7. The predicted molar refractivity (Wildman–Crippen MR) is 75.2 cm³/mol. The van der Waals surface area contributed by atoms with Gasteiger partial charge in [-0.05, 0) is 13.3 Å². The molecular weight excluding hydrogens is 240 g/mol. The van der Waals surface area contributed by atoms with E-state index >= 15 is 0 Å². The molecule has 0 bridgehead atoms. The molecule has 0 saturated heterocycles. The number of methoxy groups -OCH3 is 1. The molecular formula is C15H18N2O2. The van der Waals surface area contributed by atoms with Crippen LogP contribution in [0.5, 0.6) is 0 Å². The normalized spacial score (nSPS) is 10.6. The first-order chi connectivity index (χ1) is 9.22. The minimum absolute atomic E-state index is 0.0683. The standard InChI is InChI=1S/C15H18N2O2/c1-11-14(12-7-4-3-5-8-12)16-13(17-15(11)18)9-6-10-19-2/h3-5,7-8H,6,9-10H2,1-2H3,(H,16,17,18). The van der Waals surface area contributed by atoms with E-state index in [1.54, 1.807) is 14.0 Å². The second-order valence-electron chi connectivity index (χ2n) is 4.45. The number of H-pyrrole nitrogens is 1. The summed E-state index contributed by atoms with van der Waals surface area (Å²) in [6.07, 6.45) is 1.56. The van der Waals surface area contributed by atoms with Crippen LogP contribution in [-0.4, -0.2) is 23.7 Å². The van der Waals surface area contributed by atoms with Crippen molar-refractivity contribution in [1.82, 2.24) is 9.97 Å². The lowest BCUT2D eigenvalue weighted by Gasteiger charge is -2.07. The number of nitrogens with zero attached hydrogens (tertiary/aromatic N) is 1. The van der Waals surface area contributed by atoms with E-state index in [0.717, 1.165) is 17.7 Å². The first-order valence-corrected chi connectivity index (χ1v) is 6.36. The Balaban J connectivity index is 2.35. The van der Waals surface area contributed by atoms with Gasteiger partial charge in [0, 0.05) is 31.3 Å². The number of nitrogens with one attached hydrogen (secondary N) is 1. The summed E-state index contributed by atoms with van der Waals surface area (Å²) in [5.41, 5.74) is 2.32. The van der Waals surface area contributed by atoms with E-state index in [2.05, 4.69) is 9.97 Å². The number of aromatic nitrogens is 2. The van der Waals surface area contributed by atoms with Crippen LogP contribution in [0.15, 0.2) is 35.1 Å². The minimum atomic E-state index is -0.0683. The zero-order valence-corrected chi connectivity index (χ0v) is 11.3. The first-order valence-electron chi connectivity index (χ1n) is 6.36. The fourth-order valence-corrected chi connectivity index (χ4v) is 1.96. The Bertz CT molecular complexity index is 591. The smallest absolute Gasteiger partial charge is 0.254 e. The van der Waals surface area contributed by atoms with Gasteiger partial charge in [-0.2, -0.15) is 0 Å². The fourth-order valence-electron chi connectivity index (χ4n) is 1.96. The van der Waals surface area contributed by atoms with Gasteiger partial charge in [-0.1, -0.05) is 30.3 Å². The molecule has 0 amide bonds. The summed E-state index contributed by atoms with van der Waals surface area (Å²) in [5, 5.41) is 0. The van der Waals surface area contributed by atoms with Gasteiger partial charge in [0.05, 0.1) is 5.69 Å². The Kier molecular flexibility index (Phi) is 4.47. The number of hydrogen-bond acceptors (Lipinski definition) is 3. The van der Waals surface area contributed by atoms with Crippen LogP contribution in [0.1, 0.15) is 17.8 Å². The number of ether oxygens (including phenoxy) is 1. The van der Waals surface area contributed by atoms with Crippen LogP contribution in [0.4, 0.5) is 0 Å². The lowest BCUT2D eigenvalue weighted by molar-refractivity contribution is 0.194. The van der Waals surface area contributed by atoms with Gasteiger partial charge >= 0.3 is 0 Å². The second kappa shape index (κ2) is 6.29. The molecule has 2 rings (SSSR count). The lowest BCUT2D eigenvalue weighted by atomic mass is 10.1. The largest absolute Gasteiger partial charge is 0.385 e. The molecule has 0 fully saturated rings. The van der Waals surface area contributed by atoms with Gasteiger partial charge in [0.15, 0.2) is 0 Å². The fraction of sp³-hybridized carbons (Fsp3) is 0.333. The SMILES string of the molecule is COCCCc1nc(-c2ccccc2)c(C)c(=O)[nH]1. The summed E-state index contributed by atoms with van der Waals surface area (Å²) >= 11 is 0. The number of rotatable bonds is 5. The van der Waals surface area contributed by atoms with Crippen molar-refractivity contribution in [3.8, 4) is 11.3 Å². The predicted octanol–water partition coefficient (Wildman–Crippen LogP) is 2.32. The van der Waals surface area contributed by atoms with E-state index in [9.17, 15) is 4.79 Å². The first kappa shape index (κ1) is 13.5. The van der Waals surface area contributed by atoms with Crippen LogP contribution in [0.3, 0.4) is 0 Å². The quantitative estimate of drug-likeness (QED) is 0.837. The molecule has 4 heteroatoms. The maximum absolute atomic E-state index is 11.9. The van der Waals surface area contributed by atoms with Gasteiger partial charge in [0.1, 0.15) is 5.82 Å². The van der Waals surface area contributed by atoms with Gasteiger partial charge < -0.3 is 9.72 Å². The molecule has 2 aromatic rings. The van der Waals surface area contributed by atoms with E-state index in [4.69, 9.17) is 4.74 Å². The highest BCUT2D eigenvalue weighted by Gasteiger charge is 2.09. The van der Waals surface area contributed by atoms with Crippen molar-refractivity contribution in [3.05, 3.63) is 52.1 Å². The minimum Gasteiger partial charge on any atom is -0.385 e. The Morgan fingerprint density at radius 1 is 1.26 bits per heavy atom. The Labute approximate surface area is 112 Å². The van der Waals surface area contributed by atoms with Crippen molar-refractivity contribution in [1.29, 1.82) is 0 Å². The summed E-state index contributed by atoms with van der Waals surface area (Å²) in [5.74, 6) is 0.714. The van der Waals surface area contributed by atoms with Crippen LogP contribution in [0.25, 0.3) is 11.3 Å². The van der Waals surface area contributed by atoms with Crippen molar-refractivity contribution in [2.75, 3.05) is 13.7 Å².